The van der Waals surface area contributed by atoms with Crippen molar-refractivity contribution in [2.24, 2.45) is 0 Å². The number of thiocarbonyl (C=S) groups is 1. The highest BCUT2D eigenvalue weighted by Gasteiger charge is 2.42. The number of non-ortho nitro benzene ring substituents is 1. The Bertz CT molecular complexity index is 1540. The first-order valence-electron chi connectivity index (χ1n) is 12.2. The van der Waals surface area contributed by atoms with Crippen molar-refractivity contribution >= 4 is 40.3 Å². The molecule has 0 saturated carbocycles. The molecular formula is C28H26N6O4S. The van der Waals surface area contributed by atoms with Crippen LogP contribution >= 0.6 is 12.2 Å². The number of benzene rings is 2. The van der Waals surface area contributed by atoms with Gasteiger partial charge in [0, 0.05) is 48.7 Å². The smallest absolute Gasteiger partial charge is 0.271 e. The molecule has 198 valence electrons. The number of nitro benzene ring substituents is 1. The van der Waals surface area contributed by atoms with E-state index in [0.717, 1.165) is 22.6 Å². The number of amides is 1. The zero-order valence-electron chi connectivity index (χ0n) is 21.3. The zero-order valence-corrected chi connectivity index (χ0v) is 22.1. The lowest BCUT2D eigenvalue weighted by Crippen LogP contribution is -2.30. The van der Waals surface area contributed by atoms with E-state index < -0.39 is 4.92 Å². The number of carbonyl (C=O) groups is 1. The summed E-state index contributed by atoms with van der Waals surface area (Å²) in [5, 5.41) is 18.3. The Kier molecular flexibility index (Phi) is 7.35. The fraction of sp³-hybridized carbons (Fsp3) is 0.179. The molecule has 0 spiro atoms. The van der Waals surface area contributed by atoms with Crippen molar-refractivity contribution in [1.82, 2.24) is 14.9 Å². The number of aryl methyl sites for hydroxylation is 1. The van der Waals surface area contributed by atoms with Gasteiger partial charge in [0.25, 0.3) is 5.69 Å². The van der Waals surface area contributed by atoms with E-state index in [-0.39, 0.29) is 30.3 Å². The fourth-order valence-corrected chi connectivity index (χ4v) is 5.16. The first kappa shape index (κ1) is 26.0. The average Bonchev–Trinajstić information content (AvgIpc) is 3.55. The van der Waals surface area contributed by atoms with Crippen LogP contribution in [0.1, 0.15) is 29.0 Å². The van der Waals surface area contributed by atoms with E-state index in [4.69, 9.17) is 17.0 Å². The Morgan fingerprint density at radius 1 is 1.13 bits per heavy atom. The summed E-state index contributed by atoms with van der Waals surface area (Å²) >= 11 is 5.85. The normalized spacial score (nSPS) is 16.7. The van der Waals surface area contributed by atoms with Crippen molar-refractivity contribution in [1.29, 1.82) is 0 Å². The lowest BCUT2D eigenvalue weighted by Gasteiger charge is -2.29. The molecule has 2 aromatic heterocycles. The third kappa shape index (κ3) is 5.22. The van der Waals surface area contributed by atoms with E-state index in [1.54, 1.807) is 18.3 Å². The average molecular weight is 543 g/mol. The number of hydrogen-bond donors (Lipinski definition) is 2. The van der Waals surface area contributed by atoms with Crippen molar-refractivity contribution < 1.29 is 14.5 Å². The number of nitro groups is 1. The quantitative estimate of drug-likeness (QED) is 0.185. The van der Waals surface area contributed by atoms with Gasteiger partial charge in [-0.05, 0) is 73.2 Å². The molecule has 0 aliphatic carbocycles. The second-order valence-electron chi connectivity index (χ2n) is 9.06. The SMILES string of the molecule is COCC(=O)Nc1ccc(N2C(=S)N[C@H](c3ccccn3)[C@H]2c2cccn2-c2cccc([N+](=O)[O-])c2)cc1C. The van der Waals surface area contributed by atoms with E-state index in [1.165, 1.54) is 13.2 Å². The van der Waals surface area contributed by atoms with Gasteiger partial charge < -0.3 is 24.8 Å². The second-order valence-corrected chi connectivity index (χ2v) is 9.44. The van der Waals surface area contributed by atoms with Crippen LogP contribution < -0.4 is 15.5 Å². The molecule has 0 radical (unpaired) electrons. The van der Waals surface area contributed by atoms with Gasteiger partial charge in [-0.2, -0.15) is 0 Å². The number of carbonyl (C=O) groups excluding carboxylic acids is 1. The number of nitrogens with zero attached hydrogens (tertiary/aromatic N) is 4. The molecule has 2 atom stereocenters. The van der Waals surface area contributed by atoms with Gasteiger partial charge in [-0.15, -0.1) is 0 Å². The molecule has 11 heteroatoms. The van der Waals surface area contributed by atoms with Gasteiger partial charge in [-0.3, -0.25) is 19.9 Å². The molecule has 10 nitrogen and oxygen atoms in total. The highest BCUT2D eigenvalue weighted by atomic mass is 32.1. The molecule has 1 aliphatic rings. The topological polar surface area (TPSA) is 115 Å². The first-order chi connectivity index (χ1) is 18.9. The molecule has 1 aliphatic heterocycles. The summed E-state index contributed by atoms with van der Waals surface area (Å²) in [4.78, 5) is 29.8. The summed E-state index contributed by atoms with van der Waals surface area (Å²) in [6, 6.07) is 21.2. The van der Waals surface area contributed by atoms with Crippen molar-refractivity contribution in [3.8, 4) is 5.69 Å². The maximum atomic E-state index is 12.1. The van der Waals surface area contributed by atoms with E-state index >= 15 is 0 Å². The summed E-state index contributed by atoms with van der Waals surface area (Å²) in [6.45, 7) is 1.87. The van der Waals surface area contributed by atoms with Gasteiger partial charge in [-0.1, -0.05) is 12.1 Å². The molecule has 0 bridgehead atoms. The Balaban J connectivity index is 1.60. The predicted molar refractivity (Wildman–Crippen MR) is 152 cm³/mol. The molecule has 5 rings (SSSR count). The van der Waals surface area contributed by atoms with E-state index in [0.29, 0.717) is 16.5 Å². The van der Waals surface area contributed by atoms with Crippen LogP contribution in [0.25, 0.3) is 5.69 Å². The molecule has 4 aromatic rings. The Morgan fingerprint density at radius 3 is 2.69 bits per heavy atom. The summed E-state index contributed by atoms with van der Waals surface area (Å²) < 4.78 is 6.85. The molecule has 1 saturated heterocycles. The number of hydrogen-bond acceptors (Lipinski definition) is 6. The number of aromatic nitrogens is 2. The molecule has 2 aromatic carbocycles. The molecule has 1 amide bonds. The predicted octanol–water partition coefficient (Wildman–Crippen LogP) is 4.85. The fourth-order valence-electron chi connectivity index (χ4n) is 4.82. The number of methoxy groups -OCH3 is 1. The van der Waals surface area contributed by atoms with Gasteiger partial charge in [0.1, 0.15) is 12.6 Å². The minimum atomic E-state index is -0.405. The third-order valence-electron chi connectivity index (χ3n) is 6.54. The largest absolute Gasteiger partial charge is 0.375 e. The van der Waals surface area contributed by atoms with Crippen LogP contribution in [0.3, 0.4) is 0 Å². The number of anilines is 2. The molecule has 0 unspecified atom stereocenters. The van der Waals surface area contributed by atoms with Crippen LogP contribution in [-0.4, -0.2) is 39.2 Å². The minimum Gasteiger partial charge on any atom is -0.375 e. The van der Waals surface area contributed by atoms with Gasteiger partial charge >= 0.3 is 0 Å². The summed E-state index contributed by atoms with van der Waals surface area (Å²) in [5.41, 5.74) is 4.70. The van der Waals surface area contributed by atoms with Crippen molar-refractivity contribution in [3.05, 3.63) is 112 Å². The molecule has 39 heavy (non-hydrogen) atoms. The van der Waals surface area contributed by atoms with Crippen molar-refractivity contribution in [2.45, 2.75) is 19.0 Å². The molecule has 2 N–H and O–H groups in total. The monoisotopic (exact) mass is 542 g/mol. The summed E-state index contributed by atoms with van der Waals surface area (Å²) in [7, 11) is 1.47. The maximum absolute atomic E-state index is 12.1. The second kappa shape index (κ2) is 11.0. The summed E-state index contributed by atoms with van der Waals surface area (Å²) in [5.74, 6) is -0.241. The molecule has 1 fully saturated rings. The van der Waals surface area contributed by atoms with Gasteiger partial charge in [0.15, 0.2) is 5.11 Å². The third-order valence-corrected chi connectivity index (χ3v) is 6.85. The Labute approximate surface area is 230 Å². The lowest BCUT2D eigenvalue weighted by molar-refractivity contribution is -0.384. The standard InChI is InChI=1S/C28H26N6O4S/c1-18-15-20(11-12-22(18)30-25(35)17-38-2)33-27(26(31-28(33)39)23-9-3-4-13-29-23)24-10-6-14-32(24)19-7-5-8-21(16-19)34(36)37/h3-16,26-27H,17H2,1-2H3,(H,30,35)(H,31,39)/t26-,27-/m1/s1. The number of ether oxygens (including phenoxy) is 1. The maximum Gasteiger partial charge on any atom is 0.271 e. The highest BCUT2D eigenvalue weighted by Crippen LogP contribution is 2.43. The summed E-state index contributed by atoms with van der Waals surface area (Å²) in [6.07, 6.45) is 3.62. The molecule has 3 heterocycles. The van der Waals surface area contributed by atoms with Crippen LogP contribution in [-0.2, 0) is 9.53 Å². The minimum absolute atomic E-state index is 0.00656. The molecular weight excluding hydrogens is 516 g/mol. The van der Waals surface area contributed by atoms with Gasteiger partial charge in [0.2, 0.25) is 5.91 Å². The van der Waals surface area contributed by atoms with Crippen molar-refractivity contribution in [2.75, 3.05) is 23.9 Å². The van der Waals surface area contributed by atoms with Crippen LogP contribution in [0.15, 0.2) is 85.2 Å². The van der Waals surface area contributed by atoms with E-state index in [1.807, 2.05) is 77.2 Å². The van der Waals surface area contributed by atoms with Crippen LogP contribution in [0.4, 0.5) is 17.1 Å². The van der Waals surface area contributed by atoms with Crippen LogP contribution in [0.2, 0.25) is 0 Å². The zero-order chi connectivity index (χ0) is 27.5. The van der Waals surface area contributed by atoms with E-state index in [9.17, 15) is 14.9 Å². The number of nitrogens with one attached hydrogen (secondary N) is 2. The van der Waals surface area contributed by atoms with Crippen molar-refractivity contribution in [3.63, 3.8) is 0 Å². The first-order valence-corrected chi connectivity index (χ1v) is 12.6. The number of rotatable bonds is 8. The van der Waals surface area contributed by atoms with Crippen LogP contribution in [0, 0.1) is 17.0 Å². The highest BCUT2D eigenvalue weighted by molar-refractivity contribution is 7.80. The van der Waals surface area contributed by atoms with Crippen LogP contribution in [0.5, 0.6) is 0 Å². The van der Waals surface area contributed by atoms with Gasteiger partial charge in [-0.25, -0.2) is 0 Å². The Hall–Kier alpha value is -4.61. The van der Waals surface area contributed by atoms with E-state index in [2.05, 4.69) is 15.6 Å². The lowest BCUT2D eigenvalue weighted by atomic mass is 10.00. The van der Waals surface area contributed by atoms with Gasteiger partial charge in [0.05, 0.1) is 22.3 Å². The Morgan fingerprint density at radius 2 is 1.97 bits per heavy atom. The number of pyridine rings is 1.